The summed E-state index contributed by atoms with van der Waals surface area (Å²) in [5.41, 5.74) is 1.65. The summed E-state index contributed by atoms with van der Waals surface area (Å²) in [7, 11) is 0. The molecule has 28 heavy (non-hydrogen) atoms. The van der Waals surface area contributed by atoms with E-state index in [9.17, 15) is 9.59 Å². The number of hydrogen-bond acceptors (Lipinski definition) is 5. The van der Waals surface area contributed by atoms with Crippen molar-refractivity contribution in [2.24, 2.45) is 0 Å². The number of urea groups is 1. The molecule has 150 valence electrons. The molecule has 2 heterocycles. The number of carbonyl (C=O) groups is 2. The molecule has 2 unspecified atom stereocenters. The molecule has 2 aromatic rings. The van der Waals surface area contributed by atoms with Crippen LogP contribution in [0.2, 0.25) is 0 Å². The van der Waals surface area contributed by atoms with Crippen LogP contribution < -0.4 is 5.32 Å². The van der Waals surface area contributed by atoms with E-state index in [0.29, 0.717) is 12.3 Å². The van der Waals surface area contributed by atoms with Crippen LogP contribution in [0.5, 0.6) is 0 Å². The summed E-state index contributed by atoms with van der Waals surface area (Å²) in [6.45, 7) is 8.54. The molecule has 0 aliphatic carbocycles. The molecule has 1 fully saturated rings. The zero-order valence-electron chi connectivity index (χ0n) is 16.8. The van der Waals surface area contributed by atoms with Gasteiger partial charge >= 0.3 is 6.03 Å². The van der Waals surface area contributed by atoms with Crippen LogP contribution in [0, 0.1) is 0 Å². The molecule has 0 radical (unpaired) electrons. The minimum absolute atomic E-state index is 0.0984. The Morgan fingerprint density at radius 1 is 1.25 bits per heavy atom. The van der Waals surface area contributed by atoms with Crippen molar-refractivity contribution in [2.45, 2.75) is 58.7 Å². The van der Waals surface area contributed by atoms with Gasteiger partial charge in [0.2, 0.25) is 0 Å². The van der Waals surface area contributed by atoms with Crippen LogP contribution in [0.1, 0.15) is 62.0 Å². The van der Waals surface area contributed by atoms with Gasteiger partial charge in [0, 0.05) is 12.0 Å². The first kappa shape index (κ1) is 20.5. The molecular weight excluding hydrogens is 374 g/mol. The topological polar surface area (TPSA) is 71.5 Å². The van der Waals surface area contributed by atoms with Crippen molar-refractivity contribution in [1.82, 2.24) is 15.2 Å². The van der Waals surface area contributed by atoms with E-state index in [2.05, 4.69) is 17.2 Å². The Balaban J connectivity index is 1.76. The molecule has 2 atom stereocenters. The van der Waals surface area contributed by atoms with Crippen molar-refractivity contribution < 1.29 is 14.3 Å². The van der Waals surface area contributed by atoms with E-state index in [1.165, 1.54) is 21.8 Å². The van der Waals surface area contributed by atoms with E-state index in [-0.39, 0.29) is 18.6 Å². The molecule has 6 nitrogen and oxygen atoms in total. The quantitative estimate of drug-likeness (QED) is 0.674. The number of thiazole rings is 1. The van der Waals surface area contributed by atoms with Crippen molar-refractivity contribution in [3.05, 3.63) is 51.5 Å². The van der Waals surface area contributed by atoms with Gasteiger partial charge in [0.15, 0.2) is 0 Å². The molecule has 1 aliphatic heterocycles. The molecule has 0 saturated carbocycles. The number of benzene rings is 1. The second-order valence-electron chi connectivity index (χ2n) is 7.17. The smallest absolute Gasteiger partial charge is 0.325 e. The third kappa shape index (κ3) is 3.95. The van der Waals surface area contributed by atoms with Crippen LogP contribution in [0.25, 0.3) is 0 Å². The summed E-state index contributed by atoms with van der Waals surface area (Å²) in [6, 6.07) is 7.51. The largest absolute Gasteiger partial charge is 0.372 e. The minimum Gasteiger partial charge on any atom is -0.372 e. The minimum atomic E-state index is -1.06. The number of amides is 3. The highest BCUT2D eigenvalue weighted by atomic mass is 32.1. The second kappa shape index (κ2) is 8.41. The number of imide groups is 1. The number of rotatable bonds is 8. The van der Waals surface area contributed by atoms with E-state index >= 15 is 0 Å². The molecule has 7 heteroatoms. The molecule has 3 amide bonds. The molecule has 1 aromatic carbocycles. The Morgan fingerprint density at radius 3 is 2.61 bits per heavy atom. The third-order valence-electron chi connectivity index (χ3n) is 5.00. The van der Waals surface area contributed by atoms with Crippen LogP contribution in [0.15, 0.2) is 29.6 Å². The van der Waals surface area contributed by atoms with Gasteiger partial charge in [-0.25, -0.2) is 9.78 Å². The zero-order valence-corrected chi connectivity index (χ0v) is 17.6. The van der Waals surface area contributed by atoms with Gasteiger partial charge in [0.1, 0.15) is 16.7 Å². The Morgan fingerprint density at radius 2 is 1.96 bits per heavy atom. The Kier molecular flexibility index (Phi) is 6.15. The van der Waals surface area contributed by atoms with Crippen LogP contribution in [0.3, 0.4) is 0 Å². The molecule has 1 aromatic heterocycles. The Hall–Kier alpha value is -2.25. The highest BCUT2D eigenvalue weighted by Crippen LogP contribution is 2.31. The van der Waals surface area contributed by atoms with E-state index in [1.807, 2.05) is 43.5 Å². The molecule has 1 aliphatic rings. The molecule has 1 N–H and O–H groups in total. The molecule has 1 saturated heterocycles. The lowest BCUT2D eigenvalue weighted by atomic mass is 9.91. The average molecular weight is 402 g/mol. The number of nitrogens with one attached hydrogen (secondary N) is 1. The zero-order chi connectivity index (χ0) is 20.3. The fraction of sp³-hybridized carbons (Fsp3) is 0.476. The van der Waals surface area contributed by atoms with Gasteiger partial charge in [-0.2, -0.15) is 0 Å². The molecular formula is C21H27N3O3S. The number of carbonyl (C=O) groups excluding carboxylic acids is 2. The highest BCUT2D eigenvalue weighted by molar-refractivity contribution is 7.09. The lowest BCUT2D eigenvalue weighted by Crippen LogP contribution is -2.40. The van der Waals surface area contributed by atoms with Crippen molar-refractivity contribution in [1.29, 1.82) is 0 Å². The van der Waals surface area contributed by atoms with Gasteiger partial charge in [-0.15, -0.1) is 11.3 Å². The number of hydrogen-bond donors (Lipinski definition) is 1. The van der Waals surface area contributed by atoms with E-state index < -0.39 is 11.6 Å². The molecule has 0 spiro atoms. The first-order chi connectivity index (χ1) is 13.4. The summed E-state index contributed by atoms with van der Waals surface area (Å²) in [6.07, 6.45) is 1.96. The van der Waals surface area contributed by atoms with E-state index in [4.69, 9.17) is 4.74 Å². The summed E-state index contributed by atoms with van der Waals surface area (Å²) >= 11 is 1.48. The maximum Gasteiger partial charge on any atom is 0.325 e. The molecule has 3 rings (SSSR count). The van der Waals surface area contributed by atoms with Crippen molar-refractivity contribution >= 4 is 23.3 Å². The lowest BCUT2D eigenvalue weighted by molar-refractivity contribution is -0.131. The summed E-state index contributed by atoms with van der Waals surface area (Å²) in [5, 5.41) is 5.58. The maximum atomic E-state index is 13.1. The SMILES string of the molecule is CCCc1ccc(C2(C)NC(=O)N(Cc3csc(C(C)OCC)n3)C2=O)cc1. The predicted octanol–water partition coefficient (Wildman–Crippen LogP) is 4.16. The van der Waals surface area contributed by atoms with E-state index in [1.54, 1.807) is 6.92 Å². The van der Waals surface area contributed by atoms with Gasteiger partial charge in [-0.3, -0.25) is 9.69 Å². The van der Waals surface area contributed by atoms with Crippen LogP contribution in [-0.4, -0.2) is 28.4 Å². The van der Waals surface area contributed by atoms with Gasteiger partial charge in [-0.1, -0.05) is 37.6 Å². The fourth-order valence-corrected chi connectivity index (χ4v) is 4.21. The first-order valence-corrected chi connectivity index (χ1v) is 10.6. The molecule has 0 bridgehead atoms. The lowest BCUT2D eigenvalue weighted by Gasteiger charge is -2.22. The van der Waals surface area contributed by atoms with Crippen molar-refractivity contribution in [3.63, 3.8) is 0 Å². The summed E-state index contributed by atoms with van der Waals surface area (Å²) in [5.74, 6) is -0.256. The van der Waals surface area contributed by atoms with E-state index in [0.717, 1.165) is 23.4 Å². The average Bonchev–Trinajstić information content (AvgIpc) is 3.22. The summed E-state index contributed by atoms with van der Waals surface area (Å²) in [4.78, 5) is 31.4. The standard InChI is InChI=1S/C21H27N3O3S/c1-5-7-15-8-10-16(11-9-15)21(4)19(25)24(20(26)23-21)12-17-13-28-18(22-17)14(3)27-6-2/h8-11,13-14H,5-7,12H2,1-4H3,(H,23,26). The van der Waals surface area contributed by atoms with Gasteiger partial charge < -0.3 is 10.1 Å². The van der Waals surface area contributed by atoms with Crippen LogP contribution in [-0.2, 0) is 28.0 Å². The normalized spacial score (nSPS) is 20.5. The van der Waals surface area contributed by atoms with Gasteiger partial charge in [-0.05, 0) is 38.3 Å². The third-order valence-corrected chi connectivity index (χ3v) is 6.05. The predicted molar refractivity (Wildman–Crippen MR) is 109 cm³/mol. The second-order valence-corrected chi connectivity index (χ2v) is 8.06. The van der Waals surface area contributed by atoms with Gasteiger partial charge in [0.25, 0.3) is 5.91 Å². The summed E-state index contributed by atoms with van der Waals surface area (Å²) < 4.78 is 5.56. The van der Waals surface area contributed by atoms with Crippen molar-refractivity contribution in [3.8, 4) is 0 Å². The fourth-order valence-electron chi connectivity index (χ4n) is 3.39. The Bertz CT molecular complexity index is 849. The number of aryl methyl sites for hydroxylation is 1. The maximum absolute atomic E-state index is 13.1. The van der Waals surface area contributed by atoms with Crippen LogP contribution >= 0.6 is 11.3 Å². The number of ether oxygens (including phenoxy) is 1. The number of aromatic nitrogens is 1. The first-order valence-electron chi connectivity index (χ1n) is 9.68. The van der Waals surface area contributed by atoms with Crippen molar-refractivity contribution in [2.75, 3.05) is 6.61 Å². The Labute approximate surface area is 169 Å². The van der Waals surface area contributed by atoms with Gasteiger partial charge in [0.05, 0.1) is 12.2 Å². The highest BCUT2D eigenvalue weighted by Gasteiger charge is 2.49. The van der Waals surface area contributed by atoms with Crippen LogP contribution in [0.4, 0.5) is 4.79 Å². The number of nitrogens with zero attached hydrogens (tertiary/aromatic N) is 2. The monoisotopic (exact) mass is 401 g/mol.